The lowest BCUT2D eigenvalue weighted by atomic mass is 9.98. The van der Waals surface area contributed by atoms with E-state index in [1.54, 1.807) is 0 Å². The molecular formula is C22H26N4O3. The van der Waals surface area contributed by atoms with E-state index in [0.717, 1.165) is 47.7 Å². The number of hydrogen-bond acceptors (Lipinski definition) is 5. The molecule has 7 nitrogen and oxygen atoms in total. The largest absolute Gasteiger partial charge is 0.494 e. The molecule has 152 valence electrons. The summed E-state index contributed by atoms with van der Waals surface area (Å²) < 4.78 is 7.57. The monoisotopic (exact) mass is 394 g/mol. The Morgan fingerprint density at radius 1 is 1.28 bits per heavy atom. The minimum Gasteiger partial charge on any atom is -0.494 e. The lowest BCUT2D eigenvalue weighted by molar-refractivity contribution is -0.143. The molecule has 2 aromatic heterocycles. The van der Waals surface area contributed by atoms with Crippen LogP contribution < -0.4 is 10.5 Å². The van der Waals surface area contributed by atoms with Crippen LogP contribution >= 0.6 is 0 Å². The molecule has 7 heteroatoms. The zero-order chi connectivity index (χ0) is 20.4. The highest BCUT2D eigenvalue weighted by Gasteiger charge is 2.27. The third-order valence-corrected chi connectivity index (χ3v) is 5.41. The average molecular weight is 394 g/mol. The number of carboxylic acids is 1. The first-order valence-electron chi connectivity index (χ1n) is 10.00. The topological polar surface area (TPSA) is 93.1 Å². The molecule has 0 bridgehead atoms. The number of ether oxygens (including phenoxy) is 1. The second-order valence-corrected chi connectivity index (χ2v) is 7.47. The molecule has 1 unspecified atom stereocenters. The van der Waals surface area contributed by atoms with Gasteiger partial charge in [-0.2, -0.15) is 0 Å². The molecule has 0 saturated carbocycles. The number of nitrogens with zero attached hydrogens (tertiary/aromatic N) is 3. The van der Waals surface area contributed by atoms with Crippen molar-refractivity contribution in [1.82, 2.24) is 14.3 Å². The van der Waals surface area contributed by atoms with Crippen molar-refractivity contribution in [3.63, 3.8) is 0 Å². The summed E-state index contributed by atoms with van der Waals surface area (Å²) in [4.78, 5) is 18.5. The first-order chi connectivity index (χ1) is 14.0. The van der Waals surface area contributed by atoms with Crippen molar-refractivity contribution in [2.45, 2.75) is 26.3 Å². The van der Waals surface area contributed by atoms with E-state index >= 15 is 0 Å². The molecule has 1 fully saturated rings. The predicted octanol–water partition coefficient (Wildman–Crippen LogP) is 3.28. The van der Waals surface area contributed by atoms with E-state index in [-0.39, 0.29) is 5.92 Å². The number of rotatable bonds is 6. The molecule has 1 aromatic carbocycles. The van der Waals surface area contributed by atoms with E-state index in [2.05, 4.69) is 4.90 Å². The van der Waals surface area contributed by atoms with Crippen LogP contribution in [0.1, 0.15) is 25.5 Å². The zero-order valence-corrected chi connectivity index (χ0v) is 16.5. The van der Waals surface area contributed by atoms with Crippen molar-refractivity contribution in [1.29, 1.82) is 0 Å². The summed E-state index contributed by atoms with van der Waals surface area (Å²) in [6, 6.07) is 11.7. The molecule has 1 atom stereocenters. The van der Waals surface area contributed by atoms with Gasteiger partial charge in [0, 0.05) is 30.5 Å². The molecule has 1 aliphatic rings. The summed E-state index contributed by atoms with van der Waals surface area (Å²) in [6.07, 6.45) is 3.50. The number of benzene rings is 1. The van der Waals surface area contributed by atoms with E-state index in [4.69, 9.17) is 15.5 Å². The summed E-state index contributed by atoms with van der Waals surface area (Å²) in [5, 5.41) is 9.42. The van der Waals surface area contributed by atoms with Crippen LogP contribution in [0.25, 0.3) is 16.9 Å². The number of nitrogen functional groups attached to an aromatic ring is 1. The maximum atomic E-state index is 11.5. The Morgan fingerprint density at radius 2 is 2.07 bits per heavy atom. The minimum absolute atomic E-state index is 0.318. The normalized spacial score (nSPS) is 17.5. The van der Waals surface area contributed by atoms with Gasteiger partial charge < -0.3 is 20.0 Å². The van der Waals surface area contributed by atoms with E-state index in [1.165, 1.54) is 0 Å². The number of likely N-dealkylation sites (tertiary alicyclic amines) is 1. The van der Waals surface area contributed by atoms with Crippen LogP contribution in [0.2, 0.25) is 0 Å². The van der Waals surface area contributed by atoms with Crippen LogP contribution in [0.5, 0.6) is 5.75 Å². The summed E-state index contributed by atoms with van der Waals surface area (Å²) in [6.45, 7) is 4.63. The van der Waals surface area contributed by atoms with E-state index in [0.29, 0.717) is 25.4 Å². The summed E-state index contributed by atoms with van der Waals surface area (Å²) in [5.74, 6) is -0.211. The van der Waals surface area contributed by atoms with Gasteiger partial charge in [-0.15, -0.1) is 0 Å². The quantitative estimate of drug-likeness (QED) is 0.666. The number of piperidine rings is 1. The standard InChI is InChI=1S/C22H26N4O3/c1-2-29-18-8-5-15(6-9-18)21-19(26-13-17(23)7-10-20(26)24-21)14-25-11-3-4-16(12-25)22(27)28/h5-10,13,16H,2-4,11-12,14,23H2,1H3,(H,27,28). The van der Waals surface area contributed by atoms with E-state index < -0.39 is 5.97 Å². The van der Waals surface area contributed by atoms with Gasteiger partial charge in [-0.05, 0) is 62.7 Å². The molecule has 3 aromatic rings. The minimum atomic E-state index is -0.719. The molecule has 0 amide bonds. The third kappa shape index (κ3) is 4.05. The molecule has 29 heavy (non-hydrogen) atoms. The number of hydrogen-bond donors (Lipinski definition) is 2. The second-order valence-electron chi connectivity index (χ2n) is 7.47. The lowest BCUT2D eigenvalue weighted by Gasteiger charge is -2.30. The lowest BCUT2D eigenvalue weighted by Crippen LogP contribution is -2.38. The molecule has 3 N–H and O–H groups in total. The molecule has 4 rings (SSSR count). The number of imidazole rings is 1. The van der Waals surface area contributed by atoms with Crippen LogP contribution in [-0.4, -0.2) is 45.1 Å². The Balaban J connectivity index is 1.71. The summed E-state index contributed by atoms with van der Waals surface area (Å²) in [7, 11) is 0. The SMILES string of the molecule is CCOc1ccc(-c2nc3ccc(N)cn3c2CN2CCCC(C(=O)O)C2)cc1. The van der Waals surface area contributed by atoms with Crippen molar-refractivity contribution in [3.05, 3.63) is 48.3 Å². The number of fused-ring (bicyclic) bond motifs is 1. The Morgan fingerprint density at radius 3 is 2.79 bits per heavy atom. The van der Waals surface area contributed by atoms with Gasteiger partial charge in [0.1, 0.15) is 11.4 Å². The van der Waals surface area contributed by atoms with Crippen LogP contribution in [0.15, 0.2) is 42.6 Å². The first-order valence-corrected chi connectivity index (χ1v) is 10.00. The maximum absolute atomic E-state index is 11.5. The number of carboxylic acid groups (broad SMARTS) is 1. The average Bonchev–Trinajstić information content (AvgIpc) is 3.06. The van der Waals surface area contributed by atoms with Gasteiger partial charge in [-0.3, -0.25) is 9.69 Å². The number of aromatic nitrogens is 2. The van der Waals surface area contributed by atoms with Crippen LogP contribution in [0.3, 0.4) is 0 Å². The molecule has 0 aliphatic carbocycles. The maximum Gasteiger partial charge on any atom is 0.307 e. The highest BCUT2D eigenvalue weighted by Crippen LogP contribution is 2.29. The number of anilines is 1. The molecule has 0 radical (unpaired) electrons. The number of carbonyl (C=O) groups is 1. The van der Waals surface area contributed by atoms with Gasteiger partial charge in [0.05, 0.1) is 23.9 Å². The van der Waals surface area contributed by atoms with Gasteiger partial charge in [-0.1, -0.05) is 0 Å². The Labute approximate surface area is 169 Å². The van der Waals surface area contributed by atoms with Crippen molar-refractivity contribution >= 4 is 17.3 Å². The molecule has 1 aliphatic heterocycles. The Kier molecular flexibility index (Phi) is 5.40. The van der Waals surface area contributed by atoms with E-state index in [9.17, 15) is 9.90 Å². The second kappa shape index (κ2) is 8.13. The number of aliphatic carboxylic acids is 1. The molecule has 0 spiro atoms. The highest BCUT2D eigenvalue weighted by molar-refractivity contribution is 5.70. The summed E-state index contributed by atoms with van der Waals surface area (Å²) in [5.41, 5.74) is 10.4. The van der Waals surface area contributed by atoms with Gasteiger partial charge in [0.25, 0.3) is 0 Å². The van der Waals surface area contributed by atoms with Crippen molar-refractivity contribution in [2.24, 2.45) is 5.92 Å². The van der Waals surface area contributed by atoms with Gasteiger partial charge >= 0.3 is 5.97 Å². The molecular weight excluding hydrogens is 368 g/mol. The number of nitrogens with two attached hydrogens (primary N) is 1. The van der Waals surface area contributed by atoms with Crippen LogP contribution in [0, 0.1) is 5.92 Å². The smallest absolute Gasteiger partial charge is 0.307 e. The molecule has 1 saturated heterocycles. The van der Waals surface area contributed by atoms with Gasteiger partial charge in [0.2, 0.25) is 0 Å². The van der Waals surface area contributed by atoms with Crippen molar-refractivity contribution < 1.29 is 14.6 Å². The fraction of sp³-hybridized carbons (Fsp3) is 0.364. The Hall–Kier alpha value is -3.06. The predicted molar refractivity (Wildman–Crippen MR) is 112 cm³/mol. The fourth-order valence-corrected chi connectivity index (χ4v) is 3.98. The Bertz CT molecular complexity index is 1010. The van der Waals surface area contributed by atoms with Crippen molar-refractivity contribution in [2.75, 3.05) is 25.4 Å². The number of pyridine rings is 1. The molecule has 3 heterocycles. The van der Waals surface area contributed by atoms with Crippen LogP contribution in [0.4, 0.5) is 5.69 Å². The first kappa shape index (κ1) is 19.3. The van der Waals surface area contributed by atoms with Gasteiger partial charge in [-0.25, -0.2) is 4.98 Å². The van der Waals surface area contributed by atoms with Gasteiger partial charge in [0.15, 0.2) is 0 Å². The zero-order valence-electron chi connectivity index (χ0n) is 16.5. The van der Waals surface area contributed by atoms with E-state index in [1.807, 2.05) is 53.9 Å². The summed E-state index contributed by atoms with van der Waals surface area (Å²) >= 11 is 0. The highest BCUT2D eigenvalue weighted by atomic mass is 16.5. The van der Waals surface area contributed by atoms with Crippen molar-refractivity contribution in [3.8, 4) is 17.0 Å². The third-order valence-electron chi connectivity index (χ3n) is 5.41. The fourth-order valence-electron chi connectivity index (χ4n) is 3.98. The van der Waals surface area contributed by atoms with Crippen LogP contribution in [-0.2, 0) is 11.3 Å².